The third-order valence-corrected chi connectivity index (χ3v) is 4.53. The zero-order chi connectivity index (χ0) is 17.8. The van der Waals surface area contributed by atoms with Gasteiger partial charge in [0.05, 0.1) is 22.2 Å². The Balaban J connectivity index is 1.62. The quantitative estimate of drug-likeness (QED) is 0.717. The minimum Gasteiger partial charge on any atom is -0.459 e. The largest absolute Gasteiger partial charge is 0.459 e. The Hall–Kier alpha value is -2.93. The summed E-state index contributed by atoms with van der Waals surface area (Å²) in [5.41, 5.74) is 0.803. The van der Waals surface area contributed by atoms with E-state index in [9.17, 15) is 14.0 Å². The van der Waals surface area contributed by atoms with Crippen LogP contribution >= 0.6 is 11.3 Å². The Morgan fingerprint density at radius 1 is 1.08 bits per heavy atom. The highest BCUT2D eigenvalue weighted by molar-refractivity contribution is 7.18. The summed E-state index contributed by atoms with van der Waals surface area (Å²) < 4.78 is 18.0. The van der Waals surface area contributed by atoms with Crippen LogP contribution in [0.25, 0.3) is 0 Å². The fourth-order valence-electron chi connectivity index (χ4n) is 2.21. The Morgan fingerprint density at radius 3 is 2.52 bits per heavy atom. The standard InChI is InChI=1S/C18H15FN2O3S/c1-11(12-4-6-13(19)7-5-12)20-18(23)15-8-9-16(25-15)21-17(22)14-3-2-10-24-14/h2-11H,1H3,(H,20,23)(H,21,22). The molecule has 3 aromatic rings. The Bertz CT molecular complexity index is 872. The topological polar surface area (TPSA) is 71.3 Å². The molecule has 2 N–H and O–H groups in total. The van der Waals surface area contributed by atoms with E-state index in [2.05, 4.69) is 10.6 Å². The Morgan fingerprint density at radius 2 is 1.84 bits per heavy atom. The van der Waals surface area contributed by atoms with E-state index >= 15 is 0 Å². The van der Waals surface area contributed by atoms with Gasteiger partial charge in [0.15, 0.2) is 5.76 Å². The molecular formula is C18H15FN2O3S. The van der Waals surface area contributed by atoms with E-state index < -0.39 is 0 Å². The highest BCUT2D eigenvalue weighted by Crippen LogP contribution is 2.23. The normalized spacial score (nSPS) is 11.8. The predicted molar refractivity (Wildman–Crippen MR) is 93.3 cm³/mol. The van der Waals surface area contributed by atoms with Crippen LogP contribution in [0.3, 0.4) is 0 Å². The number of rotatable bonds is 5. The molecule has 2 aromatic heterocycles. The van der Waals surface area contributed by atoms with E-state index in [0.717, 1.165) is 16.9 Å². The van der Waals surface area contributed by atoms with Crippen molar-refractivity contribution < 1.29 is 18.4 Å². The Kier molecular flexibility index (Phi) is 4.95. The summed E-state index contributed by atoms with van der Waals surface area (Å²) in [5.74, 6) is -0.763. The van der Waals surface area contributed by atoms with E-state index in [1.165, 1.54) is 18.4 Å². The average molecular weight is 358 g/mol. The zero-order valence-corrected chi connectivity index (χ0v) is 14.1. The molecule has 0 aliphatic heterocycles. The summed E-state index contributed by atoms with van der Waals surface area (Å²) in [6.07, 6.45) is 1.42. The monoisotopic (exact) mass is 358 g/mol. The molecule has 1 aromatic carbocycles. The third kappa shape index (κ3) is 4.13. The van der Waals surface area contributed by atoms with Crippen molar-refractivity contribution in [2.24, 2.45) is 0 Å². The van der Waals surface area contributed by atoms with Crippen molar-refractivity contribution in [3.05, 3.63) is 76.8 Å². The molecule has 5 nitrogen and oxygen atoms in total. The van der Waals surface area contributed by atoms with Crippen molar-refractivity contribution in [3.63, 3.8) is 0 Å². The van der Waals surface area contributed by atoms with Crippen molar-refractivity contribution in [1.82, 2.24) is 5.32 Å². The summed E-state index contributed by atoms with van der Waals surface area (Å²) in [6.45, 7) is 1.82. The van der Waals surface area contributed by atoms with Crippen molar-refractivity contribution in [3.8, 4) is 0 Å². The SMILES string of the molecule is CC(NC(=O)c1ccc(NC(=O)c2ccco2)s1)c1ccc(F)cc1. The molecular weight excluding hydrogens is 343 g/mol. The summed E-state index contributed by atoms with van der Waals surface area (Å²) in [4.78, 5) is 24.7. The molecule has 128 valence electrons. The van der Waals surface area contributed by atoms with Gasteiger partial charge in [-0.15, -0.1) is 11.3 Å². The number of nitrogens with one attached hydrogen (secondary N) is 2. The van der Waals surface area contributed by atoms with Crippen LogP contribution in [0.15, 0.2) is 59.2 Å². The molecule has 0 aliphatic carbocycles. The van der Waals surface area contributed by atoms with Gasteiger partial charge in [-0.2, -0.15) is 0 Å². The van der Waals surface area contributed by atoms with E-state index in [-0.39, 0.29) is 29.4 Å². The minimum absolute atomic E-state index is 0.198. The first kappa shape index (κ1) is 16.9. The van der Waals surface area contributed by atoms with E-state index in [1.54, 1.807) is 36.4 Å². The lowest BCUT2D eigenvalue weighted by atomic mass is 10.1. The first-order chi connectivity index (χ1) is 12.0. The third-order valence-electron chi connectivity index (χ3n) is 3.53. The van der Waals surface area contributed by atoms with Gasteiger partial charge < -0.3 is 15.1 Å². The number of benzene rings is 1. The summed E-state index contributed by atoms with van der Waals surface area (Å²) in [5, 5.41) is 6.06. The zero-order valence-electron chi connectivity index (χ0n) is 13.3. The number of halogens is 1. The van der Waals surface area contributed by atoms with Crippen LogP contribution in [-0.2, 0) is 0 Å². The van der Waals surface area contributed by atoms with Gasteiger partial charge in [-0.25, -0.2) is 4.39 Å². The van der Waals surface area contributed by atoms with Crippen molar-refractivity contribution in [2.45, 2.75) is 13.0 Å². The summed E-state index contributed by atoms with van der Waals surface area (Å²) in [7, 11) is 0. The molecule has 2 heterocycles. The molecule has 0 saturated carbocycles. The predicted octanol–water partition coefficient (Wildman–Crippen LogP) is 4.22. The molecule has 3 rings (SSSR count). The maximum absolute atomic E-state index is 13.0. The summed E-state index contributed by atoms with van der Waals surface area (Å²) in [6, 6.07) is 12.2. The van der Waals surface area contributed by atoms with Crippen LogP contribution in [0.4, 0.5) is 9.39 Å². The van der Waals surface area contributed by atoms with Crippen LogP contribution in [0.1, 0.15) is 38.8 Å². The number of thiophene rings is 1. The first-order valence-corrected chi connectivity index (χ1v) is 8.35. The van der Waals surface area contributed by atoms with Crippen LogP contribution < -0.4 is 10.6 Å². The number of carbonyl (C=O) groups is 2. The second-order valence-corrected chi connectivity index (χ2v) is 6.43. The molecule has 7 heteroatoms. The van der Waals surface area contributed by atoms with Crippen molar-refractivity contribution in [1.29, 1.82) is 0 Å². The maximum atomic E-state index is 13.0. The molecule has 0 aliphatic rings. The lowest BCUT2D eigenvalue weighted by Gasteiger charge is -2.13. The molecule has 0 fully saturated rings. The lowest BCUT2D eigenvalue weighted by Crippen LogP contribution is -2.25. The molecule has 1 unspecified atom stereocenters. The molecule has 1 atom stereocenters. The maximum Gasteiger partial charge on any atom is 0.291 e. The van der Waals surface area contributed by atoms with Crippen molar-refractivity contribution in [2.75, 3.05) is 5.32 Å². The fourth-order valence-corrected chi connectivity index (χ4v) is 3.02. The van der Waals surface area contributed by atoms with E-state index in [1.807, 2.05) is 6.92 Å². The number of anilines is 1. The van der Waals surface area contributed by atoms with Gasteiger partial charge in [-0.1, -0.05) is 12.1 Å². The van der Waals surface area contributed by atoms with Gasteiger partial charge in [0, 0.05) is 0 Å². The second kappa shape index (κ2) is 7.31. The summed E-state index contributed by atoms with van der Waals surface area (Å²) >= 11 is 1.16. The Labute approximate surface area is 147 Å². The van der Waals surface area contributed by atoms with Gasteiger partial charge in [-0.05, 0) is 48.9 Å². The number of hydrogen-bond acceptors (Lipinski definition) is 4. The van der Waals surface area contributed by atoms with Gasteiger partial charge in [0.1, 0.15) is 5.82 Å². The molecule has 2 amide bonds. The van der Waals surface area contributed by atoms with Gasteiger partial charge >= 0.3 is 0 Å². The van der Waals surface area contributed by atoms with Crippen molar-refractivity contribution >= 4 is 28.2 Å². The smallest absolute Gasteiger partial charge is 0.291 e. The molecule has 0 bridgehead atoms. The first-order valence-electron chi connectivity index (χ1n) is 7.54. The number of amides is 2. The molecule has 0 radical (unpaired) electrons. The average Bonchev–Trinajstić information content (AvgIpc) is 3.27. The minimum atomic E-state index is -0.376. The molecule has 0 saturated heterocycles. The van der Waals surface area contributed by atoms with Crippen LogP contribution in [0.5, 0.6) is 0 Å². The van der Waals surface area contributed by atoms with Crippen LogP contribution in [-0.4, -0.2) is 11.8 Å². The second-order valence-electron chi connectivity index (χ2n) is 5.34. The molecule has 25 heavy (non-hydrogen) atoms. The van der Waals surface area contributed by atoms with Gasteiger partial charge in [-0.3, -0.25) is 9.59 Å². The molecule has 0 spiro atoms. The van der Waals surface area contributed by atoms with E-state index in [0.29, 0.717) is 9.88 Å². The fraction of sp³-hybridized carbons (Fsp3) is 0.111. The van der Waals surface area contributed by atoms with Crippen LogP contribution in [0.2, 0.25) is 0 Å². The number of carbonyl (C=O) groups excluding carboxylic acids is 2. The van der Waals surface area contributed by atoms with Gasteiger partial charge in [0.2, 0.25) is 0 Å². The number of furan rings is 1. The number of hydrogen-bond donors (Lipinski definition) is 2. The lowest BCUT2D eigenvalue weighted by molar-refractivity contribution is 0.0942. The van der Waals surface area contributed by atoms with Gasteiger partial charge in [0.25, 0.3) is 11.8 Å². The van der Waals surface area contributed by atoms with Crippen LogP contribution in [0, 0.1) is 5.82 Å². The highest BCUT2D eigenvalue weighted by Gasteiger charge is 2.15. The van der Waals surface area contributed by atoms with E-state index in [4.69, 9.17) is 4.42 Å². The highest BCUT2D eigenvalue weighted by atomic mass is 32.1.